The summed E-state index contributed by atoms with van der Waals surface area (Å²) in [5.41, 5.74) is 5.37. The second-order valence-corrected chi connectivity index (χ2v) is 3.72. The zero-order chi connectivity index (χ0) is 11.6. The zero-order valence-electron chi connectivity index (χ0n) is 7.11. The van der Waals surface area contributed by atoms with Crippen LogP contribution in [0.15, 0.2) is 10.5 Å². The monoisotopic (exact) mass is 304 g/mol. The van der Waals surface area contributed by atoms with Crippen LogP contribution in [0.3, 0.4) is 0 Å². The third kappa shape index (κ3) is 3.51. The van der Waals surface area contributed by atoms with Gasteiger partial charge in [-0.3, -0.25) is 0 Å². The van der Waals surface area contributed by atoms with Gasteiger partial charge >= 0.3 is 6.36 Å². The van der Waals surface area contributed by atoms with Crippen molar-refractivity contribution >= 4 is 27.5 Å². The van der Waals surface area contributed by atoms with E-state index < -0.39 is 12.2 Å². The minimum absolute atomic E-state index is 0.0158. The van der Waals surface area contributed by atoms with Crippen molar-refractivity contribution in [2.45, 2.75) is 12.9 Å². The summed E-state index contributed by atoms with van der Waals surface area (Å²) >= 11 is 8.51. The Bertz CT molecular complexity index is 372. The Kier molecular flexibility index (Phi) is 3.80. The number of rotatable bonds is 2. The number of ether oxygens (including phenoxy) is 1. The minimum Gasteiger partial charge on any atom is -0.387 e. The lowest BCUT2D eigenvalue weighted by Gasteiger charge is -2.11. The van der Waals surface area contributed by atoms with E-state index in [0.717, 1.165) is 0 Å². The topological polar surface area (TPSA) is 48.1 Å². The molecule has 0 radical (unpaired) electrons. The molecule has 1 rings (SSSR count). The van der Waals surface area contributed by atoms with Crippen LogP contribution in [0, 0.1) is 0 Å². The molecule has 2 N–H and O–H groups in total. The summed E-state index contributed by atoms with van der Waals surface area (Å²) in [6, 6.07) is 1.25. The predicted molar refractivity (Wildman–Crippen MR) is 51.5 cm³/mol. The largest absolute Gasteiger partial charge is 0.574 e. The van der Waals surface area contributed by atoms with Gasteiger partial charge < -0.3 is 10.5 Å². The first-order valence-corrected chi connectivity index (χ1v) is 4.81. The lowest BCUT2D eigenvalue weighted by Crippen LogP contribution is -2.19. The summed E-state index contributed by atoms with van der Waals surface area (Å²) in [6.45, 7) is -0.0691. The summed E-state index contributed by atoms with van der Waals surface area (Å²) in [7, 11) is 0. The van der Waals surface area contributed by atoms with Crippen molar-refractivity contribution in [1.82, 2.24) is 4.98 Å². The SMILES string of the molecule is NCc1nc(OC(F)(F)F)c(Br)cc1Cl. The van der Waals surface area contributed by atoms with Gasteiger partial charge in [-0.1, -0.05) is 11.6 Å². The molecule has 1 heterocycles. The Balaban J connectivity index is 3.08. The fourth-order valence-corrected chi connectivity index (χ4v) is 1.57. The molecule has 84 valence electrons. The number of hydrogen-bond donors (Lipinski definition) is 1. The van der Waals surface area contributed by atoms with Crippen LogP contribution in [0.5, 0.6) is 5.88 Å². The van der Waals surface area contributed by atoms with Crippen LogP contribution in [0.1, 0.15) is 5.69 Å². The number of nitrogens with two attached hydrogens (primary N) is 1. The van der Waals surface area contributed by atoms with Gasteiger partial charge in [0, 0.05) is 6.54 Å². The summed E-state index contributed by atoms with van der Waals surface area (Å²) in [5.74, 6) is -0.604. The van der Waals surface area contributed by atoms with Crippen LogP contribution < -0.4 is 10.5 Å². The van der Waals surface area contributed by atoms with Crippen molar-refractivity contribution in [2.24, 2.45) is 5.73 Å². The molecule has 0 spiro atoms. The van der Waals surface area contributed by atoms with E-state index >= 15 is 0 Å². The fraction of sp³-hybridized carbons (Fsp3) is 0.286. The van der Waals surface area contributed by atoms with Gasteiger partial charge in [-0.25, -0.2) is 4.98 Å². The molecule has 0 aliphatic rings. The van der Waals surface area contributed by atoms with Crippen LogP contribution in [0.25, 0.3) is 0 Å². The van der Waals surface area contributed by atoms with E-state index in [1.807, 2.05) is 0 Å². The maximum atomic E-state index is 11.9. The van der Waals surface area contributed by atoms with Crippen molar-refractivity contribution < 1.29 is 17.9 Å². The molecule has 0 unspecified atom stereocenters. The van der Waals surface area contributed by atoms with E-state index in [2.05, 4.69) is 25.7 Å². The Hall–Kier alpha value is -0.530. The molecule has 0 fully saturated rings. The maximum Gasteiger partial charge on any atom is 0.574 e. The van der Waals surface area contributed by atoms with Crippen molar-refractivity contribution in [3.05, 3.63) is 21.3 Å². The first-order chi connectivity index (χ1) is 6.83. The van der Waals surface area contributed by atoms with Crippen molar-refractivity contribution in [1.29, 1.82) is 0 Å². The average Bonchev–Trinajstić information content (AvgIpc) is 2.07. The first-order valence-electron chi connectivity index (χ1n) is 3.64. The van der Waals surface area contributed by atoms with Crippen molar-refractivity contribution in [3.8, 4) is 5.88 Å². The quantitative estimate of drug-likeness (QED) is 0.914. The summed E-state index contributed by atoms with van der Waals surface area (Å²) in [5, 5.41) is 0.180. The highest BCUT2D eigenvalue weighted by Gasteiger charge is 2.33. The molecule has 0 aliphatic carbocycles. The van der Waals surface area contributed by atoms with Gasteiger partial charge in [0.05, 0.1) is 15.2 Å². The third-order valence-corrected chi connectivity index (χ3v) is 2.27. The van der Waals surface area contributed by atoms with E-state index in [0.29, 0.717) is 0 Å². The van der Waals surface area contributed by atoms with E-state index in [4.69, 9.17) is 17.3 Å². The third-order valence-electron chi connectivity index (χ3n) is 1.38. The molecule has 0 atom stereocenters. The van der Waals surface area contributed by atoms with Crippen LogP contribution in [-0.4, -0.2) is 11.3 Å². The molecule has 0 saturated carbocycles. The second kappa shape index (κ2) is 4.54. The van der Waals surface area contributed by atoms with Crippen LogP contribution in [0.4, 0.5) is 13.2 Å². The molecule has 0 saturated heterocycles. The molecule has 0 bridgehead atoms. The van der Waals surface area contributed by atoms with Gasteiger partial charge in [0.1, 0.15) is 0 Å². The zero-order valence-corrected chi connectivity index (χ0v) is 9.45. The lowest BCUT2D eigenvalue weighted by molar-refractivity contribution is -0.276. The number of hydrogen-bond acceptors (Lipinski definition) is 3. The Morgan fingerprint density at radius 3 is 2.60 bits per heavy atom. The number of halogens is 5. The van der Waals surface area contributed by atoms with Crippen LogP contribution >= 0.6 is 27.5 Å². The molecule has 0 amide bonds. The van der Waals surface area contributed by atoms with Gasteiger partial charge in [0.2, 0.25) is 5.88 Å². The number of alkyl halides is 3. The van der Waals surface area contributed by atoms with E-state index in [9.17, 15) is 13.2 Å². The van der Waals surface area contributed by atoms with E-state index in [-0.39, 0.29) is 21.7 Å². The molecule has 8 heteroatoms. The molecular weight excluding hydrogens is 300 g/mol. The molecular formula is C7H5BrClF3N2O. The average molecular weight is 305 g/mol. The van der Waals surface area contributed by atoms with Gasteiger partial charge in [-0.15, -0.1) is 13.2 Å². The first kappa shape index (κ1) is 12.5. The highest BCUT2D eigenvalue weighted by atomic mass is 79.9. The summed E-state index contributed by atoms with van der Waals surface area (Å²) < 4.78 is 39.4. The summed E-state index contributed by atoms with van der Waals surface area (Å²) in [6.07, 6.45) is -4.80. The molecule has 15 heavy (non-hydrogen) atoms. The number of pyridine rings is 1. The Morgan fingerprint density at radius 1 is 1.53 bits per heavy atom. The molecule has 1 aromatic rings. The maximum absolute atomic E-state index is 11.9. The van der Waals surface area contributed by atoms with Gasteiger partial charge in [0.25, 0.3) is 0 Å². The van der Waals surface area contributed by atoms with Gasteiger partial charge in [0.15, 0.2) is 0 Å². The highest BCUT2D eigenvalue weighted by Crippen LogP contribution is 2.31. The Morgan fingerprint density at radius 2 is 2.13 bits per heavy atom. The summed E-state index contributed by atoms with van der Waals surface area (Å²) in [4.78, 5) is 3.53. The molecule has 0 aromatic carbocycles. The predicted octanol–water partition coefficient (Wildman–Crippen LogP) is 2.85. The van der Waals surface area contributed by atoms with Crippen LogP contribution in [0.2, 0.25) is 5.02 Å². The van der Waals surface area contributed by atoms with Crippen molar-refractivity contribution in [3.63, 3.8) is 0 Å². The molecule has 3 nitrogen and oxygen atoms in total. The number of nitrogens with zero attached hydrogens (tertiary/aromatic N) is 1. The minimum atomic E-state index is -4.80. The molecule has 0 aliphatic heterocycles. The van der Waals surface area contributed by atoms with E-state index in [1.54, 1.807) is 0 Å². The normalized spacial score (nSPS) is 11.6. The second-order valence-electron chi connectivity index (χ2n) is 2.46. The smallest absolute Gasteiger partial charge is 0.387 e. The number of aromatic nitrogens is 1. The Labute approximate surface area is 96.5 Å². The van der Waals surface area contributed by atoms with Gasteiger partial charge in [-0.05, 0) is 22.0 Å². The fourth-order valence-electron chi connectivity index (χ4n) is 0.810. The van der Waals surface area contributed by atoms with Crippen LogP contribution in [-0.2, 0) is 6.54 Å². The van der Waals surface area contributed by atoms with Crippen molar-refractivity contribution in [2.75, 3.05) is 0 Å². The highest BCUT2D eigenvalue weighted by molar-refractivity contribution is 9.10. The lowest BCUT2D eigenvalue weighted by atomic mass is 10.3. The standard InChI is InChI=1S/C7H5BrClF3N2O/c8-3-1-4(9)5(2-13)14-6(3)15-7(10,11)12/h1H,2,13H2. The van der Waals surface area contributed by atoms with E-state index in [1.165, 1.54) is 6.07 Å². The van der Waals surface area contributed by atoms with Gasteiger partial charge in [-0.2, -0.15) is 0 Å². The molecule has 1 aromatic heterocycles.